The summed E-state index contributed by atoms with van der Waals surface area (Å²) < 4.78 is 35.3. The molecule has 0 saturated heterocycles. The van der Waals surface area contributed by atoms with Gasteiger partial charge in [-0.15, -0.1) is 0 Å². The van der Waals surface area contributed by atoms with Crippen LogP contribution >= 0.6 is 11.6 Å². The molecule has 0 saturated carbocycles. The highest BCUT2D eigenvalue weighted by molar-refractivity contribution is 6.68. The van der Waals surface area contributed by atoms with Gasteiger partial charge in [-0.1, -0.05) is 48.5 Å². The molecule has 39 heavy (non-hydrogen) atoms. The molecule has 6 nitrogen and oxygen atoms in total. The van der Waals surface area contributed by atoms with Crippen molar-refractivity contribution in [3.63, 3.8) is 0 Å². The van der Waals surface area contributed by atoms with Gasteiger partial charge in [0.15, 0.2) is 0 Å². The van der Waals surface area contributed by atoms with Crippen LogP contribution < -0.4 is 20.5 Å². The van der Waals surface area contributed by atoms with E-state index >= 15 is 0 Å². The fourth-order valence-corrected chi connectivity index (χ4v) is 3.38. The van der Waals surface area contributed by atoms with Crippen LogP contribution in [0, 0.1) is 11.6 Å². The van der Waals surface area contributed by atoms with Gasteiger partial charge in [0.1, 0.15) is 23.1 Å². The minimum absolute atomic E-state index is 0.224. The summed E-state index contributed by atoms with van der Waals surface area (Å²) in [6, 6.07) is 26.2. The number of nitrogens with one attached hydrogen (secondary N) is 1. The zero-order chi connectivity index (χ0) is 28.6. The van der Waals surface area contributed by atoms with Crippen LogP contribution in [0.2, 0.25) is 0 Å². The Morgan fingerprint density at radius 1 is 0.744 bits per heavy atom. The lowest BCUT2D eigenvalue weighted by molar-refractivity contribution is 0.0947. The zero-order valence-corrected chi connectivity index (χ0v) is 22.3. The van der Waals surface area contributed by atoms with Crippen LogP contribution in [0.1, 0.15) is 31.8 Å². The maximum absolute atomic E-state index is 13.0. The fraction of sp³-hybridized carbons (Fsp3) is 0.133. The van der Waals surface area contributed by atoms with E-state index in [1.54, 1.807) is 72.8 Å². The molecule has 0 heterocycles. The van der Waals surface area contributed by atoms with Crippen LogP contribution in [0.5, 0.6) is 11.5 Å². The smallest absolute Gasteiger partial charge is 0.256 e. The molecule has 3 N–H and O–H groups in total. The number of hydrogen-bond acceptors (Lipinski definition) is 5. The molecule has 0 bridgehead atoms. The molecule has 0 atom stereocenters. The third-order valence-corrected chi connectivity index (χ3v) is 5.34. The number of carbonyl (C=O) groups is 2. The standard InChI is InChI=1S/C15H14FNO2.C8H7ClO2.C7H8FN/c1-19-14-8-3-2-7-13(14)15(18)17-10-11-5-4-6-12(16)9-11;1-11-7-5-3-2-4-6(7)8(9)10;8-7-3-1-2-6(4-7)5-9/h2-9H,10H2,1H3,(H,17,18);2-5H,1H3;1-4H,5,9H2. The van der Waals surface area contributed by atoms with E-state index in [0.717, 1.165) is 5.56 Å². The number of para-hydroxylation sites is 2. The van der Waals surface area contributed by atoms with Crippen molar-refractivity contribution in [1.29, 1.82) is 0 Å². The van der Waals surface area contributed by atoms with Crippen molar-refractivity contribution in [1.82, 2.24) is 5.32 Å². The lowest BCUT2D eigenvalue weighted by atomic mass is 10.1. The van der Waals surface area contributed by atoms with E-state index in [0.29, 0.717) is 34.7 Å². The predicted octanol–water partition coefficient (Wildman–Crippen LogP) is 6.12. The van der Waals surface area contributed by atoms with Crippen LogP contribution in [0.25, 0.3) is 0 Å². The molecule has 0 spiro atoms. The number of carbonyl (C=O) groups excluding carboxylic acids is 2. The van der Waals surface area contributed by atoms with Crippen molar-refractivity contribution in [3.05, 3.63) is 131 Å². The monoisotopic (exact) mass is 554 g/mol. The quantitative estimate of drug-likeness (QED) is 0.268. The van der Waals surface area contributed by atoms with Crippen molar-refractivity contribution < 1.29 is 27.8 Å². The third-order valence-electron chi connectivity index (χ3n) is 5.14. The molecule has 9 heteroatoms. The first-order valence-electron chi connectivity index (χ1n) is 11.7. The second-order valence-electron chi connectivity index (χ2n) is 7.82. The van der Waals surface area contributed by atoms with E-state index in [1.165, 1.54) is 38.5 Å². The number of rotatable bonds is 7. The highest BCUT2D eigenvalue weighted by Crippen LogP contribution is 2.19. The normalized spacial score (nSPS) is 9.69. The van der Waals surface area contributed by atoms with Gasteiger partial charge in [-0.05, 0) is 71.3 Å². The summed E-state index contributed by atoms with van der Waals surface area (Å²) in [4.78, 5) is 22.7. The Bertz CT molecular complexity index is 1370. The van der Waals surface area contributed by atoms with E-state index in [-0.39, 0.29) is 24.1 Å². The minimum atomic E-state index is -0.498. The van der Waals surface area contributed by atoms with Gasteiger partial charge in [0.25, 0.3) is 11.1 Å². The molecule has 204 valence electrons. The summed E-state index contributed by atoms with van der Waals surface area (Å²) in [5.74, 6) is 0.232. The van der Waals surface area contributed by atoms with Crippen molar-refractivity contribution in [2.75, 3.05) is 14.2 Å². The van der Waals surface area contributed by atoms with E-state index in [1.807, 2.05) is 0 Å². The first kappa shape index (κ1) is 31.0. The molecule has 1 amide bonds. The SMILES string of the molecule is COc1ccccc1C(=O)Cl.COc1ccccc1C(=O)NCc1cccc(F)c1.NCc1cccc(F)c1. The molecule has 0 radical (unpaired) electrons. The molecule has 0 aliphatic carbocycles. The molecule has 0 aromatic heterocycles. The third kappa shape index (κ3) is 10.6. The average molecular weight is 555 g/mol. The molecule has 0 unspecified atom stereocenters. The number of ether oxygens (including phenoxy) is 2. The van der Waals surface area contributed by atoms with Crippen LogP contribution in [0.15, 0.2) is 97.1 Å². The Morgan fingerprint density at radius 2 is 1.23 bits per heavy atom. The van der Waals surface area contributed by atoms with Gasteiger partial charge in [-0.25, -0.2) is 8.78 Å². The molecule has 0 aliphatic heterocycles. The van der Waals surface area contributed by atoms with Gasteiger partial charge < -0.3 is 20.5 Å². The molecule has 0 fully saturated rings. The summed E-state index contributed by atoms with van der Waals surface area (Å²) in [6.07, 6.45) is 0. The lowest BCUT2D eigenvalue weighted by Gasteiger charge is -2.09. The highest BCUT2D eigenvalue weighted by atomic mass is 35.5. The zero-order valence-electron chi connectivity index (χ0n) is 21.5. The van der Waals surface area contributed by atoms with Gasteiger partial charge in [0.2, 0.25) is 0 Å². The van der Waals surface area contributed by atoms with Gasteiger partial charge in [-0.2, -0.15) is 0 Å². The maximum Gasteiger partial charge on any atom is 0.256 e. The average Bonchev–Trinajstić information content (AvgIpc) is 2.96. The Morgan fingerprint density at radius 3 is 1.69 bits per heavy atom. The summed E-state index contributed by atoms with van der Waals surface area (Å²) >= 11 is 5.27. The van der Waals surface area contributed by atoms with Crippen LogP contribution in [-0.2, 0) is 13.1 Å². The molecule has 0 aliphatic rings. The van der Waals surface area contributed by atoms with Crippen molar-refractivity contribution in [3.8, 4) is 11.5 Å². The van der Waals surface area contributed by atoms with Crippen LogP contribution in [-0.4, -0.2) is 25.4 Å². The summed E-state index contributed by atoms with van der Waals surface area (Å²) in [5.41, 5.74) is 7.65. The number of hydrogen-bond donors (Lipinski definition) is 2. The molecule has 4 rings (SSSR count). The number of amides is 1. The van der Waals surface area contributed by atoms with Crippen molar-refractivity contribution in [2.24, 2.45) is 5.73 Å². The Hall–Kier alpha value is -4.27. The topological polar surface area (TPSA) is 90.6 Å². The highest BCUT2D eigenvalue weighted by Gasteiger charge is 2.11. The number of halogens is 3. The second kappa shape index (κ2) is 16.5. The van der Waals surface area contributed by atoms with Crippen molar-refractivity contribution >= 4 is 22.8 Å². The minimum Gasteiger partial charge on any atom is -0.496 e. The van der Waals surface area contributed by atoms with E-state index in [4.69, 9.17) is 26.8 Å². The van der Waals surface area contributed by atoms with Gasteiger partial charge in [0.05, 0.1) is 25.3 Å². The largest absolute Gasteiger partial charge is 0.496 e. The molecule has 4 aromatic rings. The molecular formula is C30H29ClF2N2O4. The van der Waals surface area contributed by atoms with Gasteiger partial charge in [-0.3, -0.25) is 9.59 Å². The Balaban J connectivity index is 0.000000226. The first-order valence-corrected chi connectivity index (χ1v) is 12.1. The van der Waals surface area contributed by atoms with Gasteiger partial charge in [0, 0.05) is 13.1 Å². The number of nitrogens with two attached hydrogens (primary N) is 1. The first-order chi connectivity index (χ1) is 18.8. The summed E-state index contributed by atoms with van der Waals surface area (Å²) in [5, 5.41) is 2.23. The molecule has 4 aromatic carbocycles. The maximum atomic E-state index is 13.0. The Kier molecular flexibility index (Phi) is 13.1. The van der Waals surface area contributed by atoms with E-state index in [9.17, 15) is 18.4 Å². The second-order valence-corrected chi connectivity index (χ2v) is 8.16. The number of methoxy groups -OCH3 is 2. The fourth-order valence-electron chi connectivity index (χ4n) is 3.23. The van der Waals surface area contributed by atoms with Crippen LogP contribution in [0.3, 0.4) is 0 Å². The summed E-state index contributed by atoms with van der Waals surface area (Å²) in [7, 11) is 3.01. The lowest BCUT2D eigenvalue weighted by Crippen LogP contribution is -2.23. The van der Waals surface area contributed by atoms with Gasteiger partial charge >= 0.3 is 0 Å². The Labute approximate surface area is 231 Å². The van der Waals surface area contributed by atoms with E-state index in [2.05, 4.69) is 5.32 Å². The van der Waals surface area contributed by atoms with E-state index < -0.39 is 5.24 Å². The molecular weight excluding hydrogens is 526 g/mol. The number of benzene rings is 4. The summed E-state index contributed by atoms with van der Waals surface area (Å²) in [6.45, 7) is 0.673. The van der Waals surface area contributed by atoms with Crippen LogP contribution in [0.4, 0.5) is 8.78 Å². The van der Waals surface area contributed by atoms with Crippen molar-refractivity contribution in [2.45, 2.75) is 13.1 Å². The predicted molar refractivity (Wildman–Crippen MR) is 148 cm³/mol.